The Hall–Kier alpha value is -2.00. The van der Waals surface area contributed by atoms with Gasteiger partial charge in [-0.05, 0) is 48.1 Å². The molecule has 0 atom stereocenters. The first-order valence-corrected chi connectivity index (χ1v) is 10.0. The predicted molar refractivity (Wildman–Crippen MR) is 89.1 cm³/mol. The Kier molecular flexibility index (Phi) is 4.20. The highest BCUT2D eigenvalue weighted by atomic mass is 32.2. The standard InChI is InChI=1S/C16H20N4O4S/c21-16(19-8-1-2-9-19)12-6-10-20(11-7-12)25(22,23)14-5-3-4-13-15(14)18-24-17-13/h3-5,12H,1-2,6-11H2. The van der Waals surface area contributed by atoms with Crippen LogP contribution in [0.1, 0.15) is 25.7 Å². The normalized spacial score (nSPS) is 20.4. The second-order valence-corrected chi connectivity index (χ2v) is 8.51. The first-order chi connectivity index (χ1) is 12.1. The number of amides is 1. The van der Waals surface area contributed by atoms with Crippen LogP contribution < -0.4 is 0 Å². The van der Waals surface area contributed by atoms with E-state index < -0.39 is 10.0 Å². The molecule has 134 valence electrons. The van der Waals surface area contributed by atoms with E-state index in [1.807, 2.05) is 4.90 Å². The van der Waals surface area contributed by atoms with E-state index in [4.69, 9.17) is 0 Å². The van der Waals surface area contributed by atoms with Gasteiger partial charge in [0.15, 0.2) is 5.52 Å². The van der Waals surface area contributed by atoms with Gasteiger partial charge in [-0.15, -0.1) is 0 Å². The van der Waals surface area contributed by atoms with Gasteiger partial charge in [0.25, 0.3) is 0 Å². The molecule has 0 bridgehead atoms. The summed E-state index contributed by atoms with van der Waals surface area (Å²) in [6.07, 6.45) is 3.24. The fraction of sp³-hybridized carbons (Fsp3) is 0.562. The average molecular weight is 364 g/mol. The molecule has 0 N–H and O–H groups in total. The third-order valence-electron chi connectivity index (χ3n) is 5.09. The minimum Gasteiger partial charge on any atom is -0.342 e. The quantitative estimate of drug-likeness (QED) is 0.813. The van der Waals surface area contributed by atoms with Gasteiger partial charge in [-0.1, -0.05) is 6.07 Å². The van der Waals surface area contributed by atoms with Gasteiger partial charge in [-0.25, -0.2) is 13.0 Å². The topological polar surface area (TPSA) is 96.6 Å². The fourth-order valence-corrected chi connectivity index (χ4v) is 5.27. The van der Waals surface area contributed by atoms with Gasteiger partial charge in [0.2, 0.25) is 15.9 Å². The minimum absolute atomic E-state index is 0.0749. The molecular weight excluding hydrogens is 344 g/mol. The van der Waals surface area contributed by atoms with Crippen LogP contribution in [0.3, 0.4) is 0 Å². The van der Waals surface area contributed by atoms with Crippen LogP contribution in [0, 0.1) is 5.92 Å². The Morgan fingerprint density at radius 1 is 1.08 bits per heavy atom. The zero-order valence-corrected chi connectivity index (χ0v) is 14.6. The summed E-state index contributed by atoms with van der Waals surface area (Å²) in [5.74, 6) is 0.103. The molecular formula is C16H20N4O4S. The summed E-state index contributed by atoms with van der Waals surface area (Å²) >= 11 is 0. The minimum atomic E-state index is -3.68. The van der Waals surface area contributed by atoms with Crippen molar-refractivity contribution in [2.24, 2.45) is 5.92 Å². The SMILES string of the molecule is O=C(C1CCN(S(=O)(=O)c2cccc3nonc23)CC1)N1CCCC1. The van der Waals surface area contributed by atoms with E-state index in [0.29, 0.717) is 31.4 Å². The maximum atomic E-state index is 13.0. The van der Waals surface area contributed by atoms with Gasteiger partial charge in [-0.2, -0.15) is 4.31 Å². The lowest BCUT2D eigenvalue weighted by atomic mass is 9.97. The number of rotatable bonds is 3. The van der Waals surface area contributed by atoms with Crippen LogP contribution in [0.15, 0.2) is 27.7 Å². The van der Waals surface area contributed by atoms with E-state index in [9.17, 15) is 13.2 Å². The second kappa shape index (κ2) is 6.38. The Balaban J connectivity index is 1.50. The average Bonchev–Trinajstić information content (AvgIpc) is 3.32. The second-order valence-electron chi connectivity index (χ2n) is 6.60. The lowest BCUT2D eigenvalue weighted by Gasteiger charge is -2.32. The number of likely N-dealkylation sites (tertiary alicyclic amines) is 1. The first kappa shape index (κ1) is 16.5. The van der Waals surface area contributed by atoms with Crippen molar-refractivity contribution in [1.82, 2.24) is 19.5 Å². The zero-order chi connectivity index (χ0) is 17.4. The summed E-state index contributed by atoms with van der Waals surface area (Å²) < 4.78 is 32.0. The molecule has 8 nitrogen and oxygen atoms in total. The first-order valence-electron chi connectivity index (χ1n) is 8.57. The van der Waals surface area contributed by atoms with Crippen molar-refractivity contribution in [3.63, 3.8) is 0 Å². The number of benzene rings is 1. The molecule has 2 aromatic rings. The Bertz CT molecular complexity index is 880. The summed E-state index contributed by atoms with van der Waals surface area (Å²) in [6, 6.07) is 4.80. The van der Waals surface area contributed by atoms with Gasteiger partial charge in [-0.3, -0.25) is 4.79 Å². The highest BCUT2D eigenvalue weighted by molar-refractivity contribution is 7.89. The van der Waals surface area contributed by atoms with E-state index in [-0.39, 0.29) is 22.2 Å². The van der Waals surface area contributed by atoms with Crippen LogP contribution in [-0.2, 0) is 14.8 Å². The molecule has 2 aliphatic rings. The summed E-state index contributed by atoms with van der Waals surface area (Å²) in [7, 11) is -3.68. The molecule has 1 amide bonds. The molecule has 2 fully saturated rings. The number of nitrogens with zero attached hydrogens (tertiary/aromatic N) is 4. The lowest BCUT2D eigenvalue weighted by Crippen LogP contribution is -2.43. The van der Waals surface area contributed by atoms with Crippen LogP contribution in [-0.4, -0.2) is 60.0 Å². The molecule has 2 saturated heterocycles. The summed E-state index contributed by atoms with van der Waals surface area (Å²) in [5, 5.41) is 7.42. The highest BCUT2D eigenvalue weighted by Gasteiger charge is 2.35. The van der Waals surface area contributed by atoms with Gasteiger partial charge in [0, 0.05) is 32.1 Å². The van der Waals surface area contributed by atoms with Crippen molar-refractivity contribution in [3.05, 3.63) is 18.2 Å². The molecule has 9 heteroatoms. The predicted octanol–water partition coefficient (Wildman–Crippen LogP) is 1.25. The molecule has 0 radical (unpaired) electrons. The van der Waals surface area contributed by atoms with E-state index in [1.165, 1.54) is 10.4 Å². The van der Waals surface area contributed by atoms with Crippen molar-refractivity contribution in [3.8, 4) is 0 Å². The monoisotopic (exact) mass is 364 g/mol. The fourth-order valence-electron chi connectivity index (χ4n) is 3.67. The van der Waals surface area contributed by atoms with E-state index >= 15 is 0 Å². The van der Waals surface area contributed by atoms with Crippen LogP contribution in [0.4, 0.5) is 0 Å². The number of sulfonamides is 1. The van der Waals surface area contributed by atoms with Crippen molar-refractivity contribution in [1.29, 1.82) is 0 Å². The van der Waals surface area contributed by atoms with Gasteiger partial charge in [0.05, 0.1) is 0 Å². The number of hydrogen-bond acceptors (Lipinski definition) is 6. The number of piperidine rings is 1. The molecule has 2 aliphatic heterocycles. The highest BCUT2D eigenvalue weighted by Crippen LogP contribution is 2.28. The maximum absolute atomic E-state index is 13.0. The zero-order valence-electron chi connectivity index (χ0n) is 13.8. The van der Waals surface area contributed by atoms with Gasteiger partial charge in [0.1, 0.15) is 10.4 Å². The summed E-state index contributed by atoms with van der Waals surface area (Å²) in [6.45, 7) is 2.35. The third kappa shape index (κ3) is 2.91. The Morgan fingerprint density at radius 3 is 2.52 bits per heavy atom. The van der Waals surface area contributed by atoms with Crippen LogP contribution in [0.5, 0.6) is 0 Å². The van der Waals surface area contributed by atoms with Crippen molar-refractivity contribution in [2.45, 2.75) is 30.6 Å². The van der Waals surface area contributed by atoms with Crippen molar-refractivity contribution >= 4 is 27.0 Å². The molecule has 1 aromatic carbocycles. The molecule has 0 saturated carbocycles. The van der Waals surface area contributed by atoms with E-state index in [1.54, 1.807) is 12.1 Å². The largest absolute Gasteiger partial charge is 0.342 e. The lowest BCUT2D eigenvalue weighted by molar-refractivity contribution is -0.135. The van der Waals surface area contributed by atoms with Crippen LogP contribution in [0.2, 0.25) is 0 Å². The molecule has 1 aromatic heterocycles. The Morgan fingerprint density at radius 2 is 1.80 bits per heavy atom. The number of aromatic nitrogens is 2. The third-order valence-corrected chi connectivity index (χ3v) is 7.02. The number of carbonyl (C=O) groups is 1. The van der Waals surface area contributed by atoms with E-state index in [2.05, 4.69) is 14.9 Å². The number of carbonyl (C=O) groups excluding carboxylic acids is 1. The van der Waals surface area contributed by atoms with Crippen molar-refractivity contribution < 1.29 is 17.8 Å². The Labute approximate surface area is 145 Å². The van der Waals surface area contributed by atoms with Crippen LogP contribution in [0.25, 0.3) is 11.0 Å². The van der Waals surface area contributed by atoms with Gasteiger partial charge < -0.3 is 4.90 Å². The number of hydrogen-bond donors (Lipinski definition) is 0. The maximum Gasteiger partial charge on any atom is 0.245 e. The smallest absolute Gasteiger partial charge is 0.245 e. The van der Waals surface area contributed by atoms with Crippen molar-refractivity contribution in [2.75, 3.05) is 26.2 Å². The summed E-state index contributed by atoms with van der Waals surface area (Å²) in [4.78, 5) is 14.5. The molecule has 4 rings (SSSR count). The molecule has 25 heavy (non-hydrogen) atoms. The molecule has 3 heterocycles. The molecule has 0 aliphatic carbocycles. The summed E-state index contributed by atoms with van der Waals surface area (Å²) in [5.41, 5.74) is 0.665. The van der Waals surface area contributed by atoms with Gasteiger partial charge >= 0.3 is 0 Å². The number of fused-ring (bicyclic) bond motifs is 1. The van der Waals surface area contributed by atoms with Crippen LogP contribution >= 0.6 is 0 Å². The molecule has 0 unspecified atom stereocenters. The molecule has 0 spiro atoms. The van der Waals surface area contributed by atoms with E-state index in [0.717, 1.165) is 25.9 Å².